The van der Waals surface area contributed by atoms with Crippen molar-refractivity contribution in [2.75, 3.05) is 0 Å². The molecule has 3 heterocycles. The van der Waals surface area contributed by atoms with Crippen LogP contribution >= 0.6 is 0 Å². The van der Waals surface area contributed by atoms with Crippen LogP contribution < -0.4 is 0 Å². The van der Waals surface area contributed by atoms with E-state index >= 15 is 0 Å². The summed E-state index contributed by atoms with van der Waals surface area (Å²) in [6, 6.07) is 27.9. The lowest BCUT2D eigenvalue weighted by Crippen LogP contribution is -2.31. The van der Waals surface area contributed by atoms with E-state index in [4.69, 9.17) is 5.10 Å². The van der Waals surface area contributed by atoms with E-state index < -0.39 is 0 Å². The third-order valence-corrected chi connectivity index (χ3v) is 6.74. The van der Waals surface area contributed by atoms with E-state index in [9.17, 15) is 0 Å². The van der Waals surface area contributed by atoms with Crippen molar-refractivity contribution in [2.24, 2.45) is 0 Å². The lowest BCUT2D eigenvalue weighted by atomic mass is 9.70. The average Bonchev–Trinajstić information content (AvgIpc) is 3.40. The topological polar surface area (TPSA) is 43.6 Å². The monoisotopic (exact) mass is 428 g/mol. The zero-order valence-corrected chi connectivity index (χ0v) is 18.3. The Hall–Kier alpha value is -4.05. The second-order valence-corrected chi connectivity index (χ2v) is 8.74. The van der Waals surface area contributed by atoms with Crippen molar-refractivity contribution >= 4 is 0 Å². The van der Waals surface area contributed by atoms with Gasteiger partial charge in [-0.15, -0.1) is 0 Å². The molecular weight excluding hydrogens is 404 g/mol. The number of hydrogen-bond donors (Lipinski definition) is 0. The van der Waals surface area contributed by atoms with Gasteiger partial charge in [0.25, 0.3) is 0 Å². The van der Waals surface area contributed by atoms with Crippen LogP contribution in [0.3, 0.4) is 0 Å². The number of rotatable bonds is 6. The number of nitrogens with zero attached hydrogens (tertiary/aromatic N) is 4. The minimum atomic E-state index is -0.205. The normalized spacial score (nSPS) is 13.5. The number of pyridine rings is 2. The quantitative estimate of drug-likeness (QED) is 0.360. The number of benzene rings is 2. The predicted octanol–water partition coefficient (Wildman–Crippen LogP) is 5.47. The molecule has 0 unspecified atom stereocenters. The highest BCUT2D eigenvalue weighted by atomic mass is 15.3. The van der Waals surface area contributed by atoms with Crippen molar-refractivity contribution in [3.8, 4) is 11.3 Å². The van der Waals surface area contributed by atoms with Gasteiger partial charge in [-0.25, -0.2) is 0 Å². The molecule has 0 fully saturated rings. The summed E-state index contributed by atoms with van der Waals surface area (Å²) < 4.78 is 2.17. The summed E-state index contributed by atoms with van der Waals surface area (Å²) in [5.41, 5.74) is 8.78. The van der Waals surface area contributed by atoms with Crippen LogP contribution in [0.1, 0.15) is 27.8 Å². The SMILES string of the molecule is c1ccc(Cn2ncc3c2-c2ccccc2C3(Cc2ccncc2)Cc2ccncc2)cc1. The van der Waals surface area contributed by atoms with Crippen molar-refractivity contribution in [1.29, 1.82) is 0 Å². The van der Waals surface area contributed by atoms with Gasteiger partial charge in [0.2, 0.25) is 0 Å². The van der Waals surface area contributed by atoms with E-state index in [1.807, 2.05) is 24.8 Å². The standard InChI is InChI=1S/C29H24N4/c1-2-6-24(7-3-1)21-33-28-25-8-4-5-9-26(25)29(27(28)20-32-33,18-22-10-14-30-15-11-22)19-23-12-16-31-17-13-23/h1-17,20H,18-19,21H2. The summed E-state index contributed by atoms with van der Waals surface area (Å²) in [5, 5.41) is 4.90. The Morgan fingerprint density at radius 2 is 1.21 bits per heavy atom. The Morgan fingerprint density at radius 3 is 1.88 bits per heavy atom. The molecule has 4 heteroatoms. The van der Waals surface area contributed by atoms with Crippen LogP contribution in [0.15, 0.2) is 110 Å². The van der Waals surface area contributed by atoms with Gasteiger partial charge >= 0.3 is 0 Å². The summed E-state index contributed by atoms with van der Waals surface area (Å²) in [4.78, 5) is 8.48. The second-order valence-electron chi connectivity index (χ2n) is 8.74. The van der Waals surface area contributed by atoms with Crippen molar-refractivity contribution in [3.05, 3.63) is 138 Å². The van der Waals surface area contributed by atoms with Gasteiger partial charge in [-0.1, -0.05) is 54.6 Å². The van der Waals surface area contributed by atoms with Crippen molar-refractivity contribution in [1.82, 2.24) is 19.7 Å². The van der Waals surface area contributed by atoms with Crippen LogP contribution in [0.4, 0.5) is 0 Å². The predicted molar refractivity (Wildman–Crippen MR) is 130 cm³/mol. The van der Waals surface area contributed by atoms with Crippen LogP contribution in [-0.2, 0) is 24.8 Å². The average molecular weight is 429 g/mol. The molecule has 0 amide bonds. The van der Waals surface area contributed by atoms with Gasteiger partial charge in [0.1, 0.15) is 0 Å². The molecule has 0 bridgehead atoms. The summed E-state index contributed by atoms with van der Waals surface area (Å²) in [6.45, 7) is 0.755. The molecule has 5 aromatic rings. The minimum Gasteiger partial charge on any atom is -0.265 e. The third-order valence-electron chi connectivity index (χ3n) is 6.74. The first kappa shape index (κ1) is 19.6. The fourth-order valence-corrected chi connectivity index (χ4v) is 5.29. The first-order valence-corrected chi connectivity index (χ1v) is 11.3. The van der Waals surface area contributed by atoms with Crippen molar-refractivity contribution in [3.63, 3.8) is 0 Å². The molecule has 160 valence electrons. The molecule has 0 saturated heterocycles. The van der Waals surface area contributed by atoms with E-state index in [2.05, 4.69) is 99.7 Å². The molecule has 1 aliphatic rings. The lowest BCUT2D eigenvalue weighted by Gasteiger charge is -2.31. The number of fused-ring (bicyclic) bond motifs is 3. The molecule has 4 nitrogen and oxygen atoms in total. The fraction of sp³-hybridized carbons (Fsp3) is 0.138. The van der Waals surface area contributed by atoms with E-state index in [1.165, 1.54) is 39.1 Å². The highest BCUT2D eigenvalue weighted by molar-refractivity contribution is 5.79. The summed E-state index contributed by atoms with van der Waals surface area (Å²) in [6.07, 6.45) is 11.4. The number of hydrogen-bond acceptors (Lipinski definition) is 3. The van der Waals surface area contributed by atoms with Crippen LogP contribution in [-0.4, -0.2) is 19.7 Å². The van der Waals surface area contributed by atoms with Gasteiger partial charge in [-0.05, 0) is 59.4 Å². The molecule has 0 atom stereocenters. The maximum absolute atomic E-state index is 4.90. The zero-order chi connectivity index (χ0) is 22.1. The Balaban J connectivity index is 1.54. The molecule has 0 radical (unpaired) electrons. The van der Waals surface area contributed by atoms with Crippen LogP contribution in [0.25, 0.3) is 11.3 Å². The molecule has 3 aromatic heterocycles. The molecule has 0 aliphatic heterocycles. The Labute approximate surface area is 193 Å². The molecule has 1 aliphatic carbocycles. The van der Waals surface area contributed by atoms with Crippen LogP contribution in [0, 0.1) is 0 Å². The Morgan fingerprint density at radius 1 is 0.606 bits per heavy atom. The molecule has 0 spiro atoms. The van der Waals surface area contributed by atoms with Gasteiger partial charge in [-0.2, -0.15) is 5.10 Å². The third kappa shape index (κ3) is 3.44. The molecule has 0 saturated carbocycles. The highest BCUT2D eigenvalue weighted by Gasteiger charge is 2.45. The largest absolute Gasteiger partial charge is 0.265 e. The maximum atomic E-state index is 4.90. The number of aromatic nitrogens is 4. The smallest absolute Gasteiger partial charge is 0.0730 e. The van der Waals surface area contributed by atoms with Crippen molar-refractivity contribution < 1.29 is 0 Å². The van der Waals surface area contributed by atoms with Crippen LogP contribution in [0.2, 0.25) is 0 Å². The molecular formula is C29H24N4. The maximum Gasteiger partial charge on any atom is 0.0730 e. The van der Waals surface area contributed by atoms with Gasteiger partial charge in [-0.3, -0.25) is 14.6 Å². The summed E-state index contributed by atoms with van der Waals surface area (Å²) in [7, 11) is 0. The Bertz CT molecular complexity index is 1330. The second kappa shape index (κ2) is 8.14. The summed E-state index contributed by atoms with van der Waals surface area (Å²) >= 11 is 0. The van der Waals surface area contributed by atoms with E-state index in [0.29, 0.717) is 0 Å². The zero-order valence-electron chi connectivity index (χ0n) is 18.3. The Kier molecular flexibility index (Phi) is 4.84. The lowest BCUT2D eigenvalue weighted by molar-refractivity contribution is 0.519. The minimum absolute atomic E-state index is 0.205. The molecule has 2 aromatic carbocycles. The molecule has 0 N–H and O–H groups in total. The van der Waals surface area contributed by atoms with E-state index in [1.54, 1.807) is 0 Å². The van der Waals surface area contributed by atoms with Gasteiger partial charge < -0.3 is 0 Å². The first-order valence-electron chi connectivity index (χ1n) is 11.3. The van der Waals surface area contributed by atoms with Gasteiger partial charge in [0, 0.05) is 41.3 Å². The van der Waals surface area contributed by atoms with E-state index in [-0.39, 0.29) is 5.41 Å². The molecule has 33 heavy (non-hydrogen) atoms. The fourth-order valence-electron chi connectivity index (χ4n) is 5.29. The van der Waals surface area contributed by atoms with Crippen molar-refractivity contribution in [2.45, 2.75) is 24.8 Å². The van der Waals surface area contributed by atoms with Gasteiger partial charge in [0.15, 0.2) is 0 Å². The van der Waals surface area contributed by atoms with Crippen LogP contribution in [0.5, 0.6) is 0 Å². The van der Waals surface area contributed by atoms with Gasteiger partial charge in [0.05, 0.1) is 18.4 Å². The highest BCUT2D eigenvalue weighted by Crippen LogP contribution is 2.52. The molecule has 6 rings (SSSR count). The summed E-state index contributed by atoms with van der Waals surface area (Å²) in [5.74, 6) is 0. The van der Waals surface area contributed by atoms with E-state index in [0.717, 1.165) is 19.4 Å². The first-order chi connectivity index (χ1) is 16.3.